The molecule has 0 aliphatic carbocycles. The lowest BCUT2D eigenvalue weighted by atomic mass is 9.90. The third-order valence-corrected chi connectivity index (χ3v) is 7.14. The van der Waals surface area contributed by atoms with Gasteiger partial charge in [-0.15, -0.1) is 11.8 Å². The van der Waals surface area contributed by atoms with E-state index in [4.69, 9.17) is 14.2 Å². The fraction of sp³-hybridized carbons (Fsp3) is 0.944. The molecule has 4 aliphatic rings. The highest BCUT2D eigenvalue weighted by Crippen LogP contribution is 2.43. The van der Waals surface area contributed by atoms with Crippen LogP contribution in [0.5, 0.6) is 0 Å². The minimum Gasteiger partial charge on any atom is -0.465 e. The summed E-state index contributed by atoms with van der Waals surface area (Å²) < 4.78 is 17.4. The minimum atomic E-state index is -0.912. The summed E-state index contributed by atoms with van der Waals surface area (Å²) in [5.74, 6) is -0.228. The van der Waals surface area contributed by atoms with E-state index in [0.29, 0.717) is 26.2 Å². The van der Waals surface area contributed by atoms with Gasteiger partial charge in [0.05, 0.1) is 30.7 Å². The minimum absolute atomic E-state index is 0.00190. The Morgan fingerprint density at radius 1 is 1.19 bits per heavy atom. The summed E-state index contributed by atoms with van der Waals surface area (Å²) in [6.07, 6.45) is 2.24. The van der Waals surface area contributed by atoms with Crippen molar-refractivity contribution in [2.75, 3.05) is 32.2 Å². The Kier molecular flexibility index (Phi) is 5.80. The largest absolute Gasteiger partial charge is 0.465 e. The molecule has 0 spiro atoms. The lowest BCUT2D eigenvalue weighted by Crippen LogP contribution is -2.58. The molecule has 0 saturated carbocycles. The van der Waals surface area contributed by atoms with E-state index >= 15 is 0 Å². The summed E-state index contributed by atoms with van der Waals surface area (Å²) in [5.41, 5.74) is -0.0308. The Labute approximate surface area is 159 Å². The van der Waals surface area contributed by atoms with Gasteiger partial charge in [0.2, 0.25) is 0 Å². The van der Waals surface area contributed by atoms with Crippen LogP contribution in [-0.2, 0) is 14.2 Å². The van der Waals surface area contributed by atoms with Crippen molar-refractivity contribution < 1.29 is 29.2 Å². The molecule has 4 heterocycles. The molecule has 1 amide bonds. The maximum atomic E-state index is 11.7. The number of fused-ring (bicyclic) bond motifs is 3. The van der Waals surface area contributed by atoms with Gasteiger partial charge in [-0.2, -0.15) is 0 Å². The molecule has 0 aromatic carbocycles. The fourth-order valence-corrected chi connectivity index (χ4v) is 5.38. The molecule has 26 heavy (non-hydrogen) atoms. The van der Waals surface area contributed by atoms with E-state index in [-0.39, 0.29) is 24.0 Å². The standard InChI is InChI=1S/C18H31NO6S/c1-16(2)19(15(21)22)14(9-26-16)13(8-20)6-4-5-7-18-23-10-17(3,11-24-18)12-25-18/h13-14,20H,4-12H2,1-3H3,(H,21,22)/t13-,14?,17?,18?/m0/s1. The van der Waals surface area contributed by atoms with Gasteiger partial charge in [0.25, 0.3) is 5.97 Å². The summed E-state index contributed by atoms with van der Waals surface area (Å²) in [7, 11) is 0. The summed E-state index contributed by atoms with van der Waals surface area (Å²) >= 11 is 1.63. The first-order chi connectivity index (χ1) is 12.2. The number of hydrogen-bond donors (Lipinski definition) is 2. The molecule has 4 aliphatic heterocycles. The van der Waals surface area contributed by atoms with Gasteiger partial charge in [0, 0.05) is 30.1 Å². The number of carbonyl (C=O) groups is 1. The van der Waals surface area contributed by atoms with E-state index in [1.54, 1.807) is 11.8 Å². The number of nitrogens with zero attached hydrogens (tertiary/aromatic N) is 1. The van der Waals surface area contributed by atoms with Crippen molar-refractivity contribution in [3.63, 3.8) is 0 Å². The number of hydrogen-bond acceptors (Lipinski definition) is 6. The summed E-state index contributed by atoms with van der Waals surface area (Å²) in [6, 6.07) is -0.149. The molecule has 0 radical (unpaired) electrons. The second-order valence-corrected chi connectivity index (χ2v) is 10.1. The van der Waals surface area contributed by atoms with Crippen molar-refractivity contribution in [2.45, 2.75) is 63.3 Å². The van der Waals surface area contributed by atoms with Crippen LogP contribution in [0.25, 0.3) is 0 Å². The SMILES string of the molecule is CC12COC(CCCC[C@@H](CO)C3CSC(C)(C)N3C(=O)O)(OC1)OC2. The van der Waals surface area contributed by atoms with E-state index in [2.05, 4.69) is 6.92 Å². The molecule has 8 heteroatoms. The van der Waals surface area contributed by atoms with Gasteiger partial charge in [0.1, 0.15) is 0 Å². The Balaban J connectivity index is 1.48. The quantitative estimate of drug-likeness (QED) is 0.647. The molecule has 7 nitrogen and oxygen atoms in total. The van der Waals surface area contributed by atoms with Gasteiger partial charge in [-0.1, -0.05) is 13.3 Å². The van der Waals surface area contributed by atoms with Crippen molar-refractivity contribution >= 4 is 17.9 Å². The van der Waals surface area contributed by atoms with Crippen LogP contribution < -0.4 is 0 Å². The number of amides is 1. The van der Waals surface area contributed by atoms with E-state index in [0.717, 1.165) is 25.0 Å². The summed E-state index contributed by atoms with van der Waals surface area (Å²) in [4.78, 5) is 12.7. The van der Waals surface area contributed by atoms with Crippen molar-refractivity contribution in [1.82, 2.24) is 4.90 Å². The molecule has 2 atom stereocenters. The summed E-state index contributed by atoms with van der Waals surface area (Å²) in [5, 5.41) is 19.4. The third kappa shape index (κ3) is 3.99. The van der Waals surface area contributed by atoms with Gasteiger partial charge >= 0.3 is 6.09 Å². The molecule has 0 aromatic rings. The zero-order valence-electron chi connectivity index (χ0n) is 15.9. The van der Waals surface area contributed by atoms with Crippen LogP contribution in [-0.4, -0.2) is 70.3 Å². The molecule has 0 aromatic heterocycles. The second kappa shape index (κ2) is 7.47. The van der Waals surface area contributed by atoms with E-state index in [1.165, 1.54) is 4.90 Å². The number of aliphatic hydroxyl groups is 1. The topological polar surface area (TPSA) is 88.5 Å². The predicted octanol–water partition coefficient (Wildman–Crippen LogP) is 2.72. The number of rotatable bonds is 7. The van der Waals surface area contributed by atoms with Crippen LogP contribution in [0.1, 0.15) is 46.5 Å². The highest BCUT2D eigenvalue weighted by molar-refractivity contribution is 8.00. The molecule has 2 N–H and O–H groups in total. The van der Waals surface area contributed by atoms with Crippen molar-refractivity contribution in [1.29, 1.82) is 0 Å². The van der Waals surface area contributed by atoms with E-state index < -0.39 is 16.9 Å². The predicted molar refractivity (Wildman–Crippen MR) is 97.9 cm³/mol. The Hall–Kier alpha value is -0.540. The van der Waals surface area contributed by atoms with E-state index in [1.807, 2.05) is 13.8 Å². The van der Waals surface area contributed by atoms with Gasteiger partial charge in [-0.25, -0.2) is 4.79 Å². The molecule has 4 saturated heterocycles. The van der Waals surface area contributed by atoms with Crippen molar-refractivity contribution in [2.24, 2.45) is 11.3 Å². The zero-order valence-corrected chi connectivity index (χ0v) is 16.7. The van der Waals surface area contributed by atoms with Crippen molar-refractivity contribution in [3.05, 3.63) is 0 Å². The van der Waals surface area contributed by atoms with Crippen LogP contribution in [0, 0.1) is 11.3 Å². The average Bonchev–Trinajstić information content (AvgIpc) is 2.92. The number of thioether (sulfide) groups is 1. The molecule has 2 bridgehead atoms. The van der Waals surface area contributed by atoms with Gasteiger partial charge in [-0.3, -0.25) is 4.90 Å². The van der Waals surface area contributed by atoms with Crippen LogP contribution in [0.3, 0.4) is 0 Å². The maximum Gasteiger partial charge on any atom is 0.408 e. The van der Waals surface area contributed by atoms with Crippen LogP contribution in [0.15, 0.2) is 0 Å². The Morgan fingerprint density at radius 2 is 1.81 bits per heavy atom. The molecule has 1 unspecified atom stereocenters. The number of unbranched alkanes of at least 4 members (excludes halogenated alkanes) is 1. The monoisotopic (exact) mass is 389 g/mol. The first-order valence-corrected chi connectivity index (χ1v) is 10.4. The zero-order chi connectivity index (χ0) is 19.0. The smallest absolute Gasteiger partial charge is 0.408 e. The molecule has 150 valence electrons. The Morgan fingerprint density at radius 3 is 2.35 bits per heavy atom. The normalized spacial score (nSPS) is 37.1. The number of carboxylic acid groups (broad SMARTS) is 1. The number of aliphatic hydroxyl groups excluding tert-OH is 1. The average molecular weight is 390 g/mol. The summed E-state index contributed by atoms with van der Waals surface area (Å²) in [6.45, 7) is 7.92. The lowest BCUT2D eigenvalue weighted by Gasteiger charge is -2.50. The van der Waals surface area contributed by atoms with Crippen LogP contribution in [0.2, 0.25) is 0 Å². The highest BCUT2D eigenvalue weighted by atomic mass is 32.2. The lowest BCUT2D eigenvalue weighted by molar-refractivity contribution is -0.467. The third-order valence-electron chi connectivity index (χ3n) is 5.73. The highest BCUT2D eigenvalue weighted by Gasteiger charge is 2.50. The maximum absolute atomic E-state index is 11.7. The fourth-order valence-electron chi connectivity index (χ4n) is 4.02. The molecule has 4 rings (SSSR count). The van der Waals surface area contributed by atoms with Crippen LogP contribution in [0.4, 0.5) is 4.79 Å². The van der Waals surface area contributed by atoms with Gasteiger partial charge in [-0.05, 0) is 26.7 Å². The van der Waals surface area contributed by atoms with Gasteiger partial charge < -0.3 is 24.4 Å². The van der Waals surface area contributed by atoms with Gasteiger partial charge in [0.15, 0.2) is 0 Å². The second-order valence-electron chi connectivity index (χ2n) is 8.53. The van der Waals surface area contributed by atoms with Crippen LogP contribution >= 0.6 is 11.8 Å². The molecular formula is C18H31NO6S. The van der Waals surface area contributed by atoms with Crippen molar-refractivity contribution in [3.8, 4) is 0 Å². The number of ether oxygens (including phenoxy) is 3. The Bertz CT molecular complexity index is 503. The first kappa shape index (κ1) is 20.2. The van der Waals surface area contributed by atoms with E-state index in [9.17, 15) is 15.0 Å². The first-order valence-electron chi connectivity index (χ1n) is 9.39. The molecule has 4 fully saturated rings. The molecular weight excluding hydrogens is 358 g/mol.